The molecule has 0 fully saturated rings. The third-order valence-electron chi connectivity index (χ3n) is 2.86. The Morgan fingerprint density at radius 2 is 2.16 bits per heavy atom. The van der Waals surface area contributed by atoms with Crippen LogP contribution in [-0.2, 0) is 6.42 Å². The normalized spacial score (nSPS) is 10.3. The van der Waals surface area contributed by atoms with Gasteiger partial charge in [0.1, 0.15) is 5.75 Å². The Balaban J connectivity index is 2.26. The first-order valence-electron chi connectivity index (χ1n) is 5.88. The van der Waals surface area contributed by atoms with Crippen LogP contribution in [0.3, 0.4) is 0 Å². The number of aromatic nitrogens is 1. The van der Waals surface area contributed by atoms with Gasteiger partial charge in [0.15, 0.2) is 5.78 Å². The van der Waals surface area contributed by atoms with E-state index in [0.717, 1.165) is 11.1 Å². The third-order valence-corrected chi connectivity index (χ3v) is 3.22. The number of Topliss-reactive ketones (excluding diaryl/α,β-unsaturated/α-hetero) is 1. The van der Waals surface area contributed by atoms with E-state index >= 15 is 0 Å². The van der Waals surface area contributed by atoms with E-state index in [9.17, 15) is 4.79 Å². The number of aryl methyl sites for hydroxylation is 1. The number of methoxy groups -OCH3 is 1. The molecule has 0 aliphatic heterocycles. The zero-order chi connectivity index (χ0) is 13.8. The summed E-state index contributed by atoms with van der Waals surface area (Å²) in [6.45, 7) is 1.96. The zero-order valence-electron chi connectivity index (χ0n) is 10.8. The maximum atomic E-state index is 12.3. The smallest absolute Gasteiger partial charge is 0.171 e. The van der Waals surface area contributed by atoms with Gasteiger partial charge in [-0.15, -0.1) is 0 Å². The standard InChI is InChI=1S/C15H14ClNO2/c1-10-3-4-11(13(16)7-10)8-14(18)12-5-6-17-9-15(12)19-2/h3-7,9H,8H2,1-2H3. The molecule has 0 amide bonds. The Morgan fingerprint density at radius 1 is 1.37 bits per heavy atom. The molecule has 98 valence electrons. The number of ketones is 1. The van der Waals surface area contributed by atoms with Gasteiger partial charge in [-0.25, -0.2) is 0 Å². The van der Waals surface area contributed by atoms with Crippen molar-refractivity contribution >= 4 is 17.4 Å². The molecular weight excluding hydrogens is 262 g/mol. The molecule has 1 aromatic carbocycles. The molecule has 0 spiro atoms. The molecule has 3 nitrogen and oxygen atoms in total. The van der Waals surface area contributed by atoms with E-state index < -0.39 is 0 Å². The second kappa shape index (κ2) is 5.85. The van der Waals surface area contributed by atoms with E-state index in [1.54, 1.807) is 12.3 Å². The van der Waals surface area contributed by atoms with Crippen LogP contribution in [0.1, 0.15) is 21.5 Å². The van der Waals surface area contributed by atoms with Crippen molar-refractivity contribution in [3.63, 3.8) is 0 Å². The van der Waals surface area contributed by atoms with Gasteiger partial charge in [-0.1, -0.05) is 23.7 Å². The minimum atomic E-state index is -0.0370. The summed E-state index contributed by atoms with van der Waals surface area (Å²) in [6, 6.07) is 7.33. The van der Waals surface area contributed by atoms with Gasteiger partial charge in [-0.05, 0) is 30.2 Å². The fraction of sp³-hybridized carbons (Fsp3) is 0.200. The summed E-state index contributed by atoms with van der Waals surface area (Å²) in [6.07, 6.45) is 3.36. The summed E-state index contributed by atoms with van der Waals surface area (Å²) in [5, 5.41) is 0.612. The van der Waals surface area contributed by atoms with Crippen LogP contribution in [0.5, 0.6) is 5.75 Å². The molecule has 1 aromatic heterocycles. The molecule has 0 bridgehead atoms. The van der Waals surface area contributed by atoms with Gasteiger partial charge < -0.3 is 4.74 Å². The summed E-state index contributed by atoms with van der Waals surface area (Å²) in [4.78, 5) is 16.2. The van der Waals surface area contributed by atoms with Crippen LogP contribution < -0.4 is 4.74 Å². The molecule has 0 saturated heterocycles. The van der Waals surface area contributed by atoms with Gasteiger partial charge in [-0.3, -0.25) is 9.78 Å². The van der Waals surface area contributed by atoms with Gasteiger partial charge >= 0.3 is 0 Å². The highest BCUT2D eigenvalue weighted by Gasteiger charge is 2.14. The maximum Gasteiger partial charge on any atom is 0.171 e. The summed E-state index contributed by atoms with van der Waals surface area (Å²) in [7, 11) is 1.52. The molecule has 0 unspecified atom stereocenters. The van der Waals surface area contributed by atoms with Gasteiger partial charge in [-0.2, -0.15) is 0 Å². The van der Waals surface area contributed by atoms with Crippen molar-refractivity contribution in [2.75, 3.05) is 7.11 Å². The predicted molar refractivity (Wildman–Crippen MR) is 75.0 cm³/mol. The Morgan fingerprint density at radius 3 is 2.84 bits per heavy atom. The van der Waals surface area contributed by atoms with Crippen molar-refractivity contribution in [1.29, 1.82) is 0 Å². The van der Waals surface area contributed by atoms with Crippen molar-refractivity contribution in [3.05, 3.63) is 58.4 Å². The average Bonchev–Trinajstić information content (AvgIpc) is 2.41. The molecule has 0 aliphatic carbocycles. The number of carbonyl (C=O) groups excluding carboxylic acids is 1. The number of rotatable bonds is 4. The molecule has 2 rings (SSSR count). The van der Waals surface area contributed by atoms with E-state index in [-0.39, 0.29) is 12.2 Å². The highest BCUT2D eigenvalue weighted by atomic mass is 35.5. The Kier molecular flexibility index (Phi) is 4.17. The minimum Gasteiger partial charge on any atom is -0.494 e. The molecular formula is C15H14ClNO2. The highest BCUT2D eigenvalue weighted by molar-refractivity contribution is 6.31. The van der Waals surface area contributed by atoms with Crippen LogP contribution in [0.4, 0.5) is 0 Å². The lowest BCUT2D eigenvalue weighted by molar-refractivity contribution is 0.0990. The lowest BCUT2D eigenvalue weighted by Gasteiger charge is -2.08. The minimum absolute atomic E-state index is 0.0370. The number of carbonyl (C=O) groups is 1. The first-order chi connectivity index (χ1) is 9.11. The zero-order valence-corrected chi connectivity index (χ0v) is 11.6. The third kappa shape index (κ3) is 3.12. The number of halogens is 1. The van der Waals surface area contributed by atoms with E-state index in [2.05, 4.69) is 4.98 Å². The first-order valence-corrected chi connectivity index (χ1v) is 6.26. The first kappa shape index (κ1) is 13.6. The number of hydrogen-bond donors (Lipinski definition) is 0. The fourth-order valence-corrected chi connectivity index (χ4v) is 2.14. The van der Waals surface area contributed by atoms with E-state index in [1.165, 1.54) is 13.3 Å². The molecule has 0 aliphatic rings. The predicted octanol–water partition coefficient (Wildman–Crippen LogP) is 3.48. The number of pyridine rings is 1. The van der Waals surface area contributed by atoms with E-state index in [1.807, 2.05) is 25.1 Å². The van der Waals surface area contributed by atoms with Gasteiger partial charge in [0, 0.05) is 17.6 Å². The van der Waals surface area contributed by atoms with Crippen molar-refractivity contribution in [2.45, 2.75) is 13.3 Å². The summed E-state index contributed by atoms with van der Waals surface area (Å²) in [5.41, 5.74) is 2.41. The molecule has 0 radical (unpaired) electrons. The van der Waals surface area contributed by atoms with Crippen LogP contribution in [-0.4, -0.2) is 17.9 Å². The fourth-order valence-electron chi connectivity index (χ4n) is 1.84. The molecule has 4 heteroatoms. The summed E-state index contributed by atoms with van der Waals surface area (Å²) < 4.78 is 5.14. The SMILES string of the molecule is COc1cnccc1C(=O)Cc1ccc(C)cc1Cl. The van der Waals surface area contributed by atoms with Crippen molar-refractivity contribution < 1.29 is 9.53 Å². The van der Waals surface area contributed by atoms with Crippen molar-refractivity contribution in [2.24, 2.45) is 0 Å². The summed E-state index contributed by atoms with van der Waals surface area (Å²) >= 11 is 6.14. The van der Waals surface area contributed by atoms with Crippen LogP contribution in [0.15, 0.2) is 36.7 Å². The van der Waals surface area contributed by atoms with Crippen LogP contribution >= 0.6 is 11.6 Å². The molecule has 0 N–H and O–H groups in total. The van der Waals surface area contributed by atoms with Gasteiger partial charge in [0.05, 0.1) is 18.9 Å². The second-order valence-electron chi connectivity index (χ2n) is 4.27. The lowest BCUT2D eigenvalue weighted by Crippen LogP contribution is -2.06. The number of nitrogens with zero attached hydrogens (tertiary/aromatic N) is 1. The molecule has 2 aromatic rings. The molecule has 0 atom stereocenters. The van der Waals surface area contributed by atoms with Crippen LogP contribution in [0.25, 0.3) is 0 Å². The highest BCUT2D eigenvalue weighted by Crippen LogP contribution is 2.22. The average molecular weight is 276 g/mol. The van der Waals surface area contributed by atoms with E-state index in [4.69, 9.17) is 16.3 Å². The maximum absolute atomic E-state index is 12.3. The quantitative estimate of drug-likeness (QED) is 0.802. The summed E-state index contributed by atoms with van der Waals surface area (Å²) in [5.74, 6) is 0.445. The van der Waals surface area contributed by atoms with Gasteiger partial charge in [0.2, 0.25) is 0 Å². The monoisotopic (exact) mass is 275 g/mol. The number of hydrogen-bond acceptors (Lipinski definition) is 3. The van der Waals surface area contributed by atoms with Crippen molar-refractivity contribution in [3.8, 4) is 5.75 Å². The van der Waals surface area contributed by atoms with E-state index in [0.29, 0.717) is 16.3 Å². The van der Waals surface area contributed by atoms with Gasteiger partial charge in [0.25, 0.3) is 0 Å². The molecule has 1 heterocycles. The molecule has 0 saturated carbocycles. The molecule has 19 heavy (non-hydrogen) atoms. The van der Waals surface area contributed by atoms with Crippen LogP contribution in [0.2, 0.25) is 5.02 Å². The Bertz CT molecular complexity index is 611. The Hall–Kier alpha value is -1.87. The second-order valence-corrected chi connectivity index (χ2v) is 4.68. The van der Waals surface area contributed by atoms with Crippen LogP contribution in [0, 0.1) is 6.92 Å². The lowest BCUT2D eigenvalue weighted by atomic mass is 10.0. The number of benzene rings is 1. The van der Waals surface area contributed by atoms with Crippen molar-refractivity contribution in [1.82, 2.24) is 4.98 Å². The largest absolute Gasteiger partial charge is 0.494 e. The number of ether oxygens (including phenoxy) is 1. The Labute approximate surface area is 117 Å². The topological polar surface area (TPSA) is 39.2 Å².